The van der Waals surface area contributed by atoms with Gasteiger partial charge in [-0.1, -0.05) is 18.2 Å². The number of hydrogen-bond donors (Lipinski definition) is 1. The van der Waals surface area contributed by atoms with Crippen LogP contribution in [0.3, 0.4) is 0 Å². The fourth-order valence-corrected chi connectivity index (χ4v) is 3.29. The molecule has 0 atom stereocenters. The first-order valence-electron chi connectivity index (χ1n) is 7.41. The Hall–Kier alpha value is -1.32. The van der Waals surface area contributed by atoms with E-state index >= 15 is 0 Å². The van der Waals surface area contributed by atoms with Crippen LogP contribution in [0.2, 0.25) is 0 Å². The highest BCUT2D eigenvalue weighted by Crippen LogP contribution is 2.26. The molecular weight excluding hydrogens is 281 g/mol. The van der Waals surface area contributed by atoms with Crippen LogP contribution in [0.15, 0.2) is 47.4 Å². The van der Waals surface area contributed by atoms with E-state index in [1.807, 2.05) is 13.0 Å². The van der Waals surface area contributed by atoms with Crippen molar-refractivity contribution < 1.29 is 4.39 Å². The minimum atomic E-state index is -0.154. The SMILES string of the molecule is Cc1ccc(F)cc1CSc1cccc(CNC2CC2)c1. The van der Waals surface area contributed by atoms with Gasteiger partial charge in [0.25, 0.3) is 0 Å². The molecule has 110 valence electrons. The summed E-state index contributed by atoms with van der Waals surface area (Å²) < 4.78 is 13.3. The maximum atomic E-state index is 13.3. The molecule has 0 saturated heterocycles. The number of benzene rings is 2. The molecule has 2 aromatic rings. The molecule has 1 fully saturated rings. The predicted molar refractivity (Wildman–Crippen MR) is 87.0 cm³/mol. The molecule has 1 aliphatic rings. The van der Waals surface area contributed by atoms with Gasteiger partial charge < -0.3 is 5.32 Å². The van der Waals surface area contributed by atoms with Gasteiger partial charge in [0.05, 0.1) is 0 Å². The summed E-state index contributed by atoms with van der Waals surface area (Å²) in [6, 6.07) is 14.4. The number of hydrogen-bond acceptors (Lipinski definition) is 2. The van der Waals surface area contributed by atoms with E-state index in [9.17, 15) is 4.39 Å². The lowest BCUT2D eigenvalue weighted by Gasteiger charge is -2.08. The first-order chi connectivity index (χ1) is 10.2. The Morgan fingerprint density at radius 2 is 2.05 bits per heavy atom. The predicted octanol–water partition coefficient (Wildman–Crippen LogP) is 4.68. The number of aryl methyl sites for hydroxylation is 1. The van der Waals surface area contributed by atoms with E-state index in [1.54, 1.807) is 17.8 Å². The van der Waals surface area contributed by atoms with Crippen molar-refractivity contribution in [3.8, 4) is 0 Å². The molecule has 1 N–H and O–H groups in total. The van der Waals surface area contributed by atoms with E-state index in [1.165, 1.54) is 29.4 Å². The summed E-state index contributed by atoms with van der Waals surface area (Å²) in [5, 5.41) is 3.53. The van der Waals surface area contributed by atoms with Gasteiger partial charge in [-0.15, -0.1) is 11.8 Å². The molecule has 2 aromatic carbocycles. The molecule has 3 rings (SSSR count). The molecule has 0 amide bonds. The standard InChI is InChI=1S/C18H20FNS/c1-13-5-6-16(19)10-15(13)12-21-18-4-2-3-14(9-18)11-20-17-7-8-17/h2-6,9-10,17,20H,7-8,11-12H2,1H3. The summed E-state index contributed by atoms with van der Waals surface area (Å²) in [6.07, 6.45) is 2.63. The molecule has 0 bridgehead atoms. The molecule has 3 heteroatoms. The van der Waals surface area contributed by atoms with Crippen molar-refractivity contribution in [1.82, 2.24) is 5.32 Å². The van der Waals surface area contributed by atoms with Crippen LogP contribution in [0.5, 0.6) is 0 Å². The van der Waals surface area contributed by atoms with E-state index in [0.29, 0.717) is 0 Å². The van der Waals surface area contributed by atoms with Gasteiger partial charge in [0.15, 0.2) is 0 Å². The fraction of sp³-hybridized carbons (Fsp3) is 0.333. The van der Waals surface area contributed by atoms with Gasteiger partial charge in [-0.25, -0.2) is 4.39 Å². The molecule has 21 heavy (non-hydrogen) atoms. The van der Waals surface area contributed by atoms with Crippen LogP contribution in [-0.4, -0.2) is 6.04 Å². The van der Waals surface area contributed by atoms with Crippen molar-refractivity contribution in [3.05, 3.63) is 65.0 Å². The molecule has 1 nitrogen and oxygen atoms in total. The second-order valence-electron chi connectivity index (χ2n) is 5.66. The third-order valence-corrected chi connectivity index (χ3v) is 4.82. The molecular formula is C18H20FNS. The topological polar surface area (TPSA) is 12.0 Å². The van der Waals surface area contributed by atoms with Crippen LogP contribution < -0.4 is 5.32 Å². The van der Waals surface area contributed by atoms with Gasteiger partial charge in [0.2, 0.25) is 0 Å². The summed E-state index contributed by atoms with van der Waals surface area (Å²) in [5.74, 6) is 0.655. The average Bonchev–Trinajstić information content (AvgIpc) is 3.31. The highest BCUT2D eigenvalue weighted by Gasteiger charge is 2.19. The van der Waals surface area contributed by atoms with Crippen molar-refractivity contribution in [2.24, 2.45) is 0 Å². The van der Waals surface area contributed by atoms with Crippen molar-refractivity contribution in [1.29, 1.82) is 0 Å². The van der Waals surface area contributed by atoms with Crippen molar-refractivity contribution in [2.75, 3.05) is 0 Å². The van der Waals surface area contributed by atoms with Gasteiger partial charge in [-0.05, 0) is 60.7 Å². The zero-order valence-corrected chi connectivity index (χ0v) is 13.0. The largest absolute Gasteiger partial charge is 0.310 e. The van der Waals surface area contributed by atoms with Crippen LogP contribution in [-0.2, 0) is 12.3 Å². The Morgan fingerprint density at radius 3 is 2.86 bits per heavy atom. The van der Waals surface area contributed by atoms with Gasteiger partial charge in [0, 0.05) is 23.2 Å². The maximum absolute atomic E-state index is 13.3. The zero-order valence-electron chi connectivity index (χ0n) is 12.2. The van der Waals surface area contributed by atoms with Gasteiger partial charge >= 0.3 is 0 Å². The van der Waals surface area contributed by atoms with Gasteiger partial charge in [0.1, 0.15) is 5.82 Å². The summed E-state index contributed by atoms with van der Waals surface area (Å²) in [4.78, 5) is 1.24. The van der Waals surface area contributed by atoms with Gasteiger partial charge in [-0.3, -0.25) is 0 Å². The first-order valence-corrected chi connectivity index (χ1v) is 8.39. The summed E-state index contributed by atoms with van der Waals surface area (Å²) in [5.41, 5.74) is 3.54. The van der Waals surface area contributed by atoms with Crippen molar-refractivity contribution in [3.63, 3.8) is 0 Å². The Morgan fingerprint density at radius 1 is 1.19 bits per heavy atom. The third kappa shape index (κ3) is 4.32. The van der Waals surface area contributed by atoms with E-state index in [0.717, 1.165) is 29.5 Å². The molecule has 0 unspecified atom stereocenters. The molecule has 0 aliphatic heterocycles. The molecule has 1 aliphatic carbocycles. The van der Waals surface area contributed by atoms with E-state index < -0.39 is 0 Å². The zero-order chi connectivity index (χ0) is 14.7. The summed E-state index contributed by atoms with van der Waals surface area (Å²) >= 11 is 1.77. The molecule has 0 heterocycles. The average molecular weight is 301 g/mol. The van der Waals surface area contributed by atoms with Crippen LogP contribution in [0.4, 0.5) is 4.39 Å². The third-order valence-electron chi connectivity index (χ3n) is 3.78. The van der Waals surface area contributed by atoms with E-state index in [-0.39, 0.29) is 5.82 Å². The Kier molecular flexibility index (Phi) is 4.61. The highest BCUT2D eigenvalue weighted by atomic mass is 32.2. The Bertz CT molecular complexity index is 622. The number of rotatable bonds is 6. The van der Waals surface area contributed by atoms with Crippen molar-refractivity contribution >= 4 is 11.8 Å². The summed E-state index contributed by atoms with van der Waals surface area (Å²) in [6.45, 7) is 2.98. The minimum absolute atomic E-state index is 0.154. The molecule has 0 aromatic heterocycles. The second kappa shape index (κ2) is 6.63. The quantitative estimate of drug-likeness (QED) is 0.778. The first kappa shape index (κ1) is 14.6. The lowest BCUT2D eigenvalue weighted by molar-refractivity contribution is 0.626. The van der Waals surface area contributed by atoms with Crippen LogP contribution in [0.1, 0.15) is 29.5 Å². The molecule has 0 spiro atoms. The lowest BCUT2D eigenvalue weighted by Crippen LogP contribution is -2.15. The Balaban J connectivity index is 1.61. The highest BCUT2D eigenvalue weighted by molar-refractivity contribution is 7.98. The summed E-state index contributed by atoms with van der Waals surface area (Å²) in [7, 11) is 0. The van der Waals surface area contributed by atoms with Crippen LogP contribution in [0, 0.1) is 12.7 Å². The lowest BCUT2D eigenvalue weighted by atomic mass is 10.1. The minimum Gasteiger partial charge on any atom is -0.310 e. The fourth-order valence-electron chi connectivity index (χ4n) is 2.25. The van der Waals surface area contributed by atoms with Crippen LogP contribution in [0.25, 0.3) is 0 Å². The smallest absolute Gasteiger partial charge is 0.123 e. The number of thioether (sulfide) groups is 1. The van der Waals surface area contributed by atoms with Crippen molar-refractivity contribution in [2.45, 2.75) is 43.0 Å². The van der Waals surface area contributed by atoms with Gasteiger partial charge in [-0.2, -0.15) is 0 Å². The van der Waals surface area contributed by atoms with Crippen LogP contribution >= 0.6 is 11.8 Å². The molecule has 0 radical (unpaired) electrons. The second-order valence-corrected chi connectivity index (χ2v) is 6.71. The van der Waals surface area contributed by atoms with E-state index in [4.69, 9.17) is 0 Å². The Labute approximate surface area is 130 Å². The number of halogens is 1. The molecule has 1 saturated carbocycles. The monoisotopic (exact) mass is 301 g/mol. The maximum Gasteiger partial charge on any atom is 0.123 e. The van der Waals surface area contributed by atoms with E-state index in [2.05, 4.69) is 29.6 Å². The number of nitrogens with one attached hydrogen (secondary N) is 1. The normalized spacial score (nSPS) is 14.4.